The molecule has 0 saturated carbocycles. The lowest BCUT2D eigenvalue weighted by Gasteiger charge is -2.30. The zero-order valence-corrected chi connectivity index (χ0v) is 17.9. The third kappa shape index (κ3) is 5.73. The number of nitrogens with zero attached hydrogens (tertiary/aromatic N) is 2. The number of nitrogens with one attached hydrogen (secondary N) is 1. The van der Waals surface area contributed by atoms with Crippen LogP contribution in [0.15, 0.2) is 57.8 Å². The molecule has 0 aliphatic rings. The van der Waals surface area contributed by atoms with Crippen molar-refractivity contribution in [1.29, 1.82) is 0 Å². The van der Waals surface area contributed by atoms with E-state index in [0.717, 1.165) is 17.9 Å². The van der Waals surface area contributed by atoms with Crippen molar-refractivity contribution in [3.63, 3.8) is 0 Å². The molecule has 7 nitrogen and oxygen atoms in total. The highest BCUT2D eigenvalue weighted by Gasteiger charge is 2.21. The number of amides is 1. The predicted octanol–water partition coefficient (Wildman–Crippen LogP) is 4.25. The van der Waals surface area contributed by atoms with Crippen molar-refractivity contribution in [3.05, 3.63) is 71.8 Å². The highest BCUT2D eigenvalue weighted by molar-refractivity contribution is 5.91. The van der Waals surface area contributed by atoms with Crippen LogP contribution in [-0.2, 0) is 19.6 Å². The summed E-state index contributed by atoms with van der Waals surface area (Å²) in [6.45, 7) is 8.09. The van der Waals surface area contributed by atoms with Gasteiger partial charge in [0, 0.05) is 12.6 Å². The number of hydrogen-bond donors (Lipinski definition) is 1. The van der Waals surface area contributed by atoms with Crippen molar-refractivity contribution in [2.45, 2.75) is 46.4 Å². The second-order valence-corrected chi connectivity index (χ2v) is 7.63. The number of furan rings is 1. The third-order valence-electron chi connectivity index (χ3n) is 5.19. The van der Waals surface area contributed by atoms with Crippen LogP contribution >= 0.6 is 0 Å². The van der Waals surface area contributed by atoms with Gasteiger partial charge in [0.05, 0.1) is 26.5 Å². The fourth-order valence-corrected chi connectivity index (χ4v) is 3.10. The van der Waals surface area contributed by atoms with Gasteiger partial charge in [-0.25, -0.2) is 4.98 Å². The zero-order valence-electron chi connectivity index (χ0n) is 17.9. The SMILES string of the molecule is COc1cccc(CN(Cc2nc(C(=O)NCc3ccco3)co2)[C@H](C)C(C)C)c1. The minimum Gasteiger partial charge on any atom is -0.497 e. The van der Waals surface area contributed by atoms with Crippen LogP contribution in [0.1, 0.15) is 48.5 Å². The van der Waals surface area contributed by atoms with Gasteiger partial charge in [-0.1, -0.05) is 26.0 Å². The second-order valence-electron chi connectivity index (χ2n) is 7.63. The molecule has 1 atom stereocenters. The van der Waals surface area contributed by atoms with E-state index >= 15 is 0 Å². The first-order valence-electron chi connectivity index (χ1n) is 10.1. The number of benzene rings is 1. The summed E-state index contributed by atoms with van der Waals surface area (Å²) in [4.78, 5) is 19.0. The smallest absolute Gasteiger partial charge is 0.273 e. The molecule has 0 unspecified atom stereocenters. The Morgan fingerprint density at radius 1 is 1.17 bits per heavy atom. The highest BCUT2D eigenvalue weighted by Crippen LogP contribution is 2.20. The fourth-order valence-electron chi connectivity index (χ4n) is 3.10. The van der Waals surface area contributed by atoms with Crippen LogP contribution < -0.4 is 10.1 Å². The molecule has 1 amide bonds. The zero-order chi connectivity index (χ0) is 21.5. The molecule has 3 rings (SSSR count). The average Bonchev–Trinajstić information content (AvgIpc) is 3.43. The summed E-state index contributed by atoms with van der Waals surface area (Å²) in [5.74, 6) is 2.17. The number of rotatable bonds is 10. The lowest BCUT2D eigenvalue weighted by molar-refractivity contribution is 0.0942. The Morgan fingerprint density at radius 3 is 2.70 bits per heavy atom. The van der Waals surface area contributed by atoms with Gasteiger partial charge >= 0.3 is 0 Å². The number of methoxy groups -OCH3 is 1. The summed E-state index contributed by atoms with van der Waals surface area (Å²) < 4.78 is 16.2. The van der Waals surface area contributed by atoms with Crippen LogP contribution in [0.4, 0.5) is 0 Å². The molecule has 3 aromatic rings. The van der Waals surface area contributed by atoms with Gasteiger partial charge < -0.3 is 18.9 Å². The van der Waals surface area contributed by atoms with Gasteiger partial charge in [0.15, 0.2) is 5.69 Å². The third-order valence-corrected chi connectivity index (χ3v) is 5.19. The predicted molar refractivity (Wildman–Crippen MR) is 113 cm³/mol. The van der Waals surface area contributed by atoms with E-state index in [2.05, 4.69) is 42.0 Å². The maximum atomic E-state index is 12.3. The molecule has 0 aliphatic heterocycles. The molecule has 0 fully saturated rings. The average molecular weight is 412 g/mol. The number of aromatic nitrogens is 1. The first-order valence-corrected chi connectivity index (χ1v) is 10.1. The Bertz CT molecular complexity index is 934. The van der Waals surface area contributed by atoms with E-state index in [1.54, 1.807) is 25.5 Å². The molecule has 0 bridgehead atoms. The normalized spacial score (nSPS) is 12.3. The van der Waals surface area contributed by atoms with Gasteiger partial charge in [0.25, 0.3) is 5.91 Å². The lowest BCUT2D eigenvalue weighted by Crippen LogP contribution is -2.36. The maximum Gasteiger partial charge on any atom is 0.273 e. The van der Waals surface area contributed by atoms with Crippen LogP contribution in [0.3, 0.4) is 0 Å². The molecular formula is C23H29N3O4. The summed E-state index contributed by atoms with van der Waals surface area (Å²) in [7, 11) is 1.67. The molecule has 0 saturated heterocycles. The van der Waals surface area contributed by atoms with E-state index in [1.165, 1.54) is 6.26 Å². The molecule has 0 spiro atoms. The second kappa shape index (κ2) is 10.1. The number of carbonyl (C=O) groups excluding carboxylic acids is 1. The minimum atomic E-state index is -0.294. The number of oxazole rings is 1. The first-order chi connectivity index (χ1) is 14.5. The lowest BCUT2D eigenvalue weighted by atomic mass is 10.0. The van der Waals surface area contributed by atoms with Crippen molar-refractivity contribution in [3.8, 4) is 5.75 Å². The van der Waals surface area contributed by atoms with Crippen LogP contribution in [0, 0.1) is 5.92 Å². The summed E-state index contributed by atoms with van der Waals surface area (Å²) in [6, 6.07) is 11.9. The summed E-state index contributed by atoms with van der Waals surface area (Å²) in [5.41, 5.74) is 1.40. The van der Waals surface area contributed by atoms with Crippen molar-refractivity contribution in [2.24, 2.45) is 5.92 Å². The van der Waals surface area contributed by atoms with E-state index in [0.29, 0.717) is 36.7 Å². The maximum absolute atomic E-state index is 12.3. The molecule has 7 heteroatoms. The Labute approximate surface area is 177 Å². The molecule has 0 radical (unpaired) electrons. The summed E-state index contributed by atoms with van der Waals surface area (Å²) >= 11 is 0. The van der Waals surface area contributed by atoms with Crippen molar-refractivity contribution in [2.75, 3.05) is 7.11 Å². The monoisotopic (exact) mass is 411 g/mol. The van der Waals surface area contributed by atoms with Crippen molar-refractivity contribution in [1.82, 2.24) is 15.2 Å². The van der Waals surface area contributed by atoms with Gasteiger partial charge in [-0.3, -0.25) is 9.69 Å². The highest BCUT2D eigenvalue weighted by atomic mass is 16.5. The number of carbonyl (C=O) groups is 1. The molecule has 1 N–H and O–H groups in total. The van der Waals surface area contributed by atoms with Crippen molar-refractivity contribution < 1.29 is 18.4 Å². The first kappa shape index (κ1) is 21.6. The molecule has 2 aromatic heterocycles. The van der Waals surface area contributed by atoms with Gasteiger partial charge in [-0.15, -0.1) is 0 Å². The Balaban J connectivity index is 1.67. The molecular weight excluding hydrogens is 382 g/mol. The molecule has 0 aliphatic carbocycles. The van der Waals surface area contributed by atoms with Crippen LogP contribution in [0.25, 0.3) is 0 Å². The number of ether oxygens (including phenoxy) is 1. The van der Waals surface area contributed by atoms with E-state index in [-0.39, 0.29) is 11.6 Å². The van der Waals surface area contributed by atoms with Gasteiger partial charge in [0.2, 0.25) is 5.89 Å². The molecule has 160 valence electrons. The van der Waals surface area contributed by atoms with E-state index in [1.807, 2.05) is 18.2 Å². The molecule has 2 heterocycles. The van der Waals surface area contributed by atoms with Crippen LogP contribution in [0.2, 0.25) is 0 Å². The fraction of sp³-hybridized carbons (Fsp3) is 0.391. The van der Waals surface area contributed by atoms with Crippen molar-refractivity contribution >= 4 is 5.91 Å². The van der Waals surface area contributed by atoms with Gasteiger partial charge in [0.1, 0.15) is 17.8 Å². The largest absolute Gasteiger partial charge is 0.497 e. The van der Waals surface area contributed by atoms with E-state index in [4.69, 9.17) is 13.6 Å². The number of hydrogen-bond acceptors (Lipinski definition) is 6. The summed E-state index contributed by atoms with van der Waals surface area (Å²) in [6.07, 6.45) is 2.97. The van der Waals surface area contributed by atoms with E-state index in [9.17, 15) is 4.79 Å². The van der Waals surface area contributed by atoms with Crippen LogP contribution in [0.5, 0.6) is 5.75 Å². The molecule has 1 aromatic carbocycles. The Kier molecular flexibility index (Phi) is 7.30. The van der Waals surface area contributed by atoms with Gasteiger partial charge in [-0.05, 0) is 42.7 Å². The topological polar surface area (TPSA) is 80.7 Å². The standard InChI is InChI=1S/C23H29N3O4/c1-16(2)17(3)26(13-18-7-5-8-19(11-18)28-4)14-22-25-21(15-30-22)23(27)24-12-20-9-6-10-29-20/h5-11,15-17H,12-14H2,1-4H3,(H,24,27)/t17-/m1/s1. The van der Waals surface area contributed by atoms with E-state index < -0.39 is 0 Å². The quantitative estimate of drug-likeness (QED) is 0.537. The molecule has 30 heavy (non-hydrogen) atoms. The summed E-state index contributed by atoms with van der Waals surface area (Å²) in [5, 5.41) is 2.78. The Hall–Kier alpha value is -3.06. The van der Waals surface area contributed by atoms with Gasteiger partial charge in [-0.2, -0.15) is 0 Å². The van der Waals surface area contributed by atoms with Crippen LogP contribution in [-0.4, -0.2) is 28.9 Å². The Morgan fingerprint density at radius 2 is 2.00 bits per heavy atom. The minimum absolute atomic E-state index is 0.259.